The fourth-order valence-electron chi connectivity index (χ4n) is 1.90. The van der Waals surface area contributed by atoms with E-state index in [0.717, 1.165) is 6.42 Å². The van der Waals surface area contributed by atoms with Crippen molar-refractivity contribution in [1.82, 2.24) is 0 Å². The Balaban J connectivity index is 3.12. The van der Waals surface area contributed by atoms with E-state index in [4.69, 9.17) is 0 Å². The van der Waals surface area contributed by atoms with E-state index in [1.807, 2.05) is 0 Å². The van der Waals surface area contributed by atoms with Crippen molar-refractivity contribution in [2.24, 2.45) is 0 Å². The fraction of sp³-hybridized carbons (Fsp3) is 0.571. The number of aryl methyl sites for hydroxylation is 2. The van der Waals surface area contributed by atoms with Gasteiger partial charge in [-0.05, 0) is 41.9 Å². The molecular weight excluding hydrogens is 168 g/mol. The lowest BCUT2D eigenvalue weighted by Crippen LogP contribution is -2.17. The summed E-state index contributed by atoms with van der Waals surface area (Å²) in [5, 5.41) is 0. The van der Waals surface area contributed by atoms with E-state index >= 15 is 0 Å². The van der Waals surface area contributed by atoms with Crippen LogP contribution in [0.5, 0.6) is 0 Å². The van der Waals surface area contributed by atoms with E-state index in [9.17, 15) is 0 Å². The van der Waals surface area contributed by atoms with Crippen LogP contribution in [0.3, 0.4) is 0 Å². The van der Waals surface area contributed by atoms with Crippen LogP contribution in [0.15, 0.2) is 18.2 Å². The molecule has 14 heavy (non-hydrogen) atoms. The summed E-state index contributed by atoms with van der Waals surface area (Å²) in [4.78, 5) is 0. The minimum atomic E-state index is 0.316. The van der Waals surface area contributed by atoms with Gasteiger partial charge in [-0.2, -0.15) is 0 Å². The van der Waals surface area contributed by atoms with Crippen molar-refractivity contribution in [3.05, 3.63) is 34.9 Å². The molecule has 0 atom stereocenters. The molecule has 0 heterocycles. The predicted octanol–water partition coefficient (Wildman–Crippen LogP) is 4.25. The van der Waals surface area contributed by atoms with Gasteiger partial charge in [0.05, 0.1) is 0 Å². The van der Waals surface area contributed by atoms with Gasteiger partial charge in [-0.15, -0.1) is 0 Å². The van der Waals surface area contributed by atoms with Crippen LogP contribution in [-0.4, -0.2) is 0 Å². The third-order valence-corrected chi connectivity index (χ3v) is 3.31. The summed E-state index contributed by atoms with van der Waals surface area (Å²) in [6, 6.07) is 6.89. The second-order valence-electron chi connectivity index (χ2n) is 4.74. The molecule has 0 saturated carbocycles. The Hall–Kier alpha value is -0.780. The van der Waals surface area contributed by atoms with Crippen molar-refractivity contribution in [3.63, 3.8) is 0 Å². The zero-order valence-electron chi connectivity index (χ0n) is 10.1. The lowest BCUT2D eigenvalue weighted by Gasteiger charge is -2.25. The first-order valence-electron chi connectivity index (χ1n) is 5.61. The molecule has 0 N–H and O–H groups in total. The van der Waals surface area contributed by atoms with Crippen LogP contribution in [0.4, 0.5) is 0 Å². The standard InChI is InChI=1S/C14H22/c1-6-12-8-9-13(11(3)10-12)14(4,5)7-2/h8-10H,6-7H2,1-5H3. The van der Waals surface area contributed by atoms with Gasteiger partial charge in [-0.3, -0.25) is 0 Å². The highest BCUT2D eigenvalue weighted by molar-refractivity contribution is 5.35. The van der Waals surface area contributed by atoms with E-state index in [0.29, 0.717) is 5.41 Å². The van der Waals surface area contributed by atoms with Gasteiger partial charge in [0.15, 0.2) is 0 Å². The van der Waals surface area contributed by atoms with Crippen LogP contribution >= 0.6 is 0 Å². The van der Waals surface area contributed by atoms with Gasteiger partial charge in [0, 0.05) is 0 Å². The van der Waals surface area contributed by atoms with Gasteiger partial charge in [0.2, 0.25) is 0 Å². The van der Waals surface area contributed by atoms with Crippen LogP contribution < -0.4 is 0 Å². The molecule has 78 valence electrons. The number of rotatable bonds is 3. The van der Waals surface area contributed by atoms with Gasteiger partial charge < -0.3 is 0 Å². The molecule has 0 unspecified atom stereocenters. The van der Waals surface area contributed by atoms with Crippen LogP contribution in [0.2, 0.25) is 0 Å². The first kappa shape index (κ1) is 11.3. The Kier molecular flexibility index (Phi) is 3.36. The summed E-state index contributed by atoms with van der Waals surface area (Å²) in [6.45, 7) is 11.3. The summed E-state index contributed by atoms with van der Waals surface area (Å²) in [5.74, 6) is 0. The highest BCUT2D eigenvalue weighted by atomic mass is 14.2. The van der Waals surface area contributed by atoms with Crippen molar-refractivity contribution >= 4 is 0 Å². The molecule has 0 fully saturated rings. The normalized spacial score (nSPS) is 11.8. The van der Waals surface area contributed by atoms with Gasteiger partial charge in [0.25, 0.3) is 0 Å². The first-order chi connectivity index (χ1) is 6.51. The third-order valence-electron chi connectivity index (χ3n) is 3.31. The second-order valence-corrected chi connectivity index (χ2v) is 4.74. The molecular formula is C14H22. The van der Waals surface area contributed by atoms with Crippen molar-refractivity contribution < 1.29 is 0 Å². The Morgan fingerprint density at radius 1 is 1.14 bits per heavy atom. The summed E-state index contributed by atoms with van der Waals surface area (Å²) in [6.07, 6.45) is 2.33. The van der Waals surface area contributed by atoms with Crippen molar-refractivity contribution in [3.8, 4) is 0 Å². The van der Waals surface area contributed by atoms with Crippen molar-refractivity contribution in [2.75, 3.05) is 0 Å². The summed E-state index contributed by atoms with van der Waals surface area (Å²) < 4.78 is 0. The Labute approximate surface area is 88.4 Å². The summed E-state index contributed by atoms with van der Waals surface area (Å²) in [7, 11) is 0. The smallest absolute Gasteiger partial charge is 0.0104 e. The average Bonchev–Trinajstić information content (AvgIpc) is 2.17. The minimum Gasteiger partial charge on any atom is -0.0646 e. The SMILES string of the molecule is CCc1ccc(C(C)(C)CC)c(C)c1. The van der Waals surface area contributed by atoms with E-state index in [1.54, 1.807) is 0 Å². The minimum absolute atomic E-state index is 0.316. The average molecular weight is 190 g/mol. The molecule has 0 aliphatic rings. The van der Waals surface area contributed by atoms with Crippen LogP contribution in [0.25, 0.3) is 0 Å². The third kappa shape index (κ3) is 2.17. The number of hydrogen-bond acceptors (Lipinski definition) is 0. The topological polar surface area (TPSA) is 0 Å². The van der Waals surface area contributed by atoms with E-state index < -0.39 is 0 Å². The molecule has 1 aromatic rings. The quantitative estimate of drug-likeness (QED) is 0.668. The van der Waals surface area contributed by atoms with Crippen LogP contribution in [0.1, 0.15) is 50.8 Å². The zero-order chi connectivity index (χ0) is 10.8. The molecule has 0 radical (unpaired) electrons. The molecule has 0 aliphatic heterocycles. The lowest BCUT2D eigenvalue weighted by atomic mass is 9.79. The molecule has 0 aromatic heterocycles. The van der Waals surface area contributed by atoms with Crippen LogP contribution in [-0.2, 0) is 11.8 Å². The molecule has 0 aliphatic carbocycles. The fourth-order valence-corrected chi connectivity index (χ4v) is 1.90. The first-order valence-corrected chi connectivity index (χ1v) is 5.61. The zero-order valence-corrected chi connectivity index (χ0v) is 10.1. The molecule has 0 nitrogen and oxygen atoms in total. The maximum absolute atomic E-state index is 2.33. The van der Waals surface area contributed by atoms with Gasteiger partial charge in [-0.1, -0.05) is 45.9 Å². The summed E-state index contributed by atoms with van der Waals surface area (Å²) >= 11 is 0. The maximum atomic E-state index is 2.33. The Bertz CT molecular complexity index is 308. The molecule has 1 aromatic carbocycles. The molecule has 0 amide bonds. The largest absolute Gasteiger partial charge is 0.0646 e. The number of benzene rings is 1. The predicted molar refractivity (Wildman–Crippen MR) is 63.9 cm³/mol. The molecule has 1 rings (SSSR count). The highest BCUT2D eigenvalue weighted by Gasteiger charge is 2.19. The lowest BCUT2D eigenvalue weighted by molar-refractivity contribution is 0.503. The Morgan fingerprint density at radius 3 is 2.21 bits per heavy atom. The van der Waals surface area contributed by atoms with E-state index in [1.165, 1.54) is 23.1 Å². The van der Waals surface area contributed by atoms with Crippen molar-refractivity contribution in [2.45, 2.75) is 52.9 Å². The maximum Gasteiger partial charge on any atom is -0.0104 e. The Morgan fingerprint density at radius 2 is 1.79 bits per heavy atom. The van der Waals surface area contributed by atoms with E-state index in [2.05, 4.69) is 52.8 Å². The highest BCUT2D eigenvalue weighted by Crippen LogP contribution is 2.29. The molecule has 0 spiro atoms. The van der Waals surface area contributed by atoms with E-state index in [-0.39, 0.29) is 0 Å². The van der Waals surface area contributed by atoms with Gasteiger partial charge in [0.1, 0.15) is 0 Å². The molecule has 0 bridgehead atoms. The summed E-state index contributed by atoms with van der Waals surface area (Å²) in [5.41, 5.74) is 4.70. The van der Waals surface area contributed by atoms with Gasteiger partial charge >= 0.3 is 0 Å². The second kappa shape index (κ2) is 4.16. The number of hydrogen-bond donors (Lipinski definition) is 0. The molecule has 0 heteroatoms. The van der Waals surface area contributed by atoms with Crippen LogP contribution in [0, 0.1) is 6.92 Å². The molecule has 0 saturated heterocycles. The van der Waals surface area contributed by atoms with Crippen molar-refractivity contribution in [1.29, 1.82) is 0 Å². The van der Waals surface area contributed by atoms with Gasteiger partial charge in [-0.25, -0.2) is 0 Å². The monoisotopic (exact) mass is 190 g/mol.